The molecule has 4 rings (SSSR count). The minimum absolute atomic E-state index is 0.0317. The SMILES string of the molecule is C[C@@]12Cc3ccccc3[C@@H](C1=O)[C@@H](c1ccccc1)CC2=O. The van der Waals surface area contributed by atoms with Crippen molar-refractivity contribution in [3.8, 4) is 0 Å². The van der Waals surface area contributed by atoms with Crippen LogP contribution in [0.4, 0.5) is 0 Å². The van der Waals surface area contributed by atoms with E-state index in [1.165, 1.54) is 0 Å². The van der Waals surface area contributed by atoms with Gasteiger partial charge < -0.3 is 0 Å². The Kier molecular flexibility index (Phi) is 2.83. The maximum atomic E-state index is 13.1. The molecule has 3 atom stereocenters. The highest BCUT2D eigenvalue weighted by Gasteiger charge is 2.55. The quantitative estimate of drug-likeness (QED) is 0.751. The smallest absolute Gasteiger partial charge is 0.154 e. The fourth-order valence-electron chi connectivity index (χ4n) is 4.14. The van der Waals surface area contributed by atoms with E-state index >= 15 is 0 Å². The van der Waals surface area contributed by atoms with Gasteiger partial charge >= 0.3 is 0 Å². The molecule has 2 aromatic rings. The topological polar surface area (TPSA) is 34.1 Å². The molecule has 0 spiro atoms. The van der Waals surface area contributed by atoms with Crippen molar-refractivity contribution in [3.63, 3.8) is 0 Å². The van der Waals surface area contributed by atoms with Gasteiger partial charge in [0.25, 0.3) is 0 Å². The normalized spacial score (nSPS) is 30.0. The van der Waals surface area contributed by atoms with Crippen LogP contribution in [-0.4, -0.2) is 11.6 Å². The fraction of sp³-hybridized carbons (Fsp3) is 0.300. The van der Waals surface area contributed by atoms with Crippen molar-refractivity contribution < 1.29 is 9.59 Å². The molecule has 2 aliphatic rings. The van der Waals surface area contributed by atoms with Crippen LogP contribution in [0.15, 0.2) is 54.6 Å². The molecular formula is C20H18O2. The van der Waals surface area contributed by atoms with E-state index in [9.17, 15) is 9.59 Å². The summed E-state index contributed by atoms with van der Waals surface area (Å²) in [5.74, 6) is -0.0146. The number of benzene rings is 2. The van der Waals surface area contributed by atoms with Crippen LogP contribution >= 0.6 is 0 Å². The molecule has 2 heteroatoms. The van der Waals surface area contributed by atoms with Crippen LogP contribution in [0.3, 0.4) is 0 Å². The zero-order valence-electron chi connectivity index (χ0n) is 12.6. The minimum Gasteiger partial charge on any atom is -0.299 e. The summed E-state index contributed by atoms with van der Waals surface area (Å²) in [5.41, 5.74) is 2.53. The second-order valence-corrected chi connectivity index (χ2v) is 6.69. The fourth-order valence-corrected chi connectivity index (χ4v) is 4.14. The Morgan fingerprint density at radius 2 is 1.64 bits per heavy atom. The van der Waals surface area contributed by atoms with Crippen LogP contribution in [0, 0.1) is 5.41 Å². The van der Waals surface area contributed by atoms with E-state index < -0.39 is 5.41 Å². The molecule has 2 aliphatic carbocycles. The molecule has 0 saturated heterocycles. The van der Waals surface area contributed by atoms with Crippen LogP contribution < -0.4 is 0 Å². The molecule has 0 aliphatic heterocycles. The predicted molar refractivity (Wildman–Crippen MR) is 84.8 cm³/mol. The molecule has 1 saturated carbocycles. The van der Waals surface area contributed by atoms with E-state index in [1.807, 2.05) is 49.4 Å². The number of hydrogen-bond donors (Lipinski definition) is 0. The van der Waals surface area contributed by atoms with Crippen molar-refractivity contribution in [3.05, 3.63) is 71.3 Å². The summed E-state index contributed by atoms with van der Waals surface area (Å²) in [6, 6.07) is 18.1. The Morgan fingerprint density at radius 3 is 2.41 bits per heavy atom. The number of rotatable bonds is 1. The first-order valence-electron chi connectivity index (χ1n) is 7.81. The highest BCUT2D eigenvalue weighted by atomic mass is 16.2. The van der Waals surface area contributed by atoms with Gasteiger partial charge in [-0.05, 0) is 30.0 Å². The number of Topliss-reactive ketones (excluding diaryl/α,β-unsaturated/α-hetero) is 2. The third-order valence-electron chi connectivity index (χ3n) is 5.41. The molecule has 0 aromatic heterocycles. The zero-order chi connectivity index (χ0) is 15.3. The summed E-state index contributed by atoms with van der Waals surface area (Å²) in [4.78, 5) is 25.8. The Balaban J connectivity index is 1.92. The Morgan fingerprint density at radius 1 is 0.955 bits per heavy atom. The third kappa shape index (κ3) is 1.73. The lowest BCUT2D eigenvalue weighted by Gasteiger charge is -2.45. The molecule has 2 aromatic carbocycles. The summed E-state index contributed by atoms with van der Waals surface area (Å²) < 4.78 is 0. The van der Waals surface area contributed by atoms with Gasteiger partial charge in [-0.15, -0.1) is 0 Å². The van der Waals surface area contributed by atoms with Gasteiger partial charge in [-0.1, -0.05) is 54.6 Å². The summed E-state index contributed by atoms with van der Waals surface area (Å²) in [6.45, 7) is 1.84. The highest BCUT2D eigenvalue weighted by Crippen LogP contribution is 2.52. The molecule has 0 radical (unpaired) electrons. The molecule has 2 bridgehead atoms. The second-order valence-electron chi connectivity index (χ2n) is 6.69. The number of fused-ring (bicyclic) bond motifs is 4. The summed E-state index contributed by atoms with van der Waals surface area (Å²) in [5, 5.41) is 0. The number of hydrogen-bond acceptors (Lipinski definition) is 2. The lowest BCUT2D eigenvalue weighted by molar-refractivity contribution is -0.145. The van der Waals surface area contributed by atoms with Crippen LogP contribution in [0.25, 0.3) is 0 Å². The lowest BCUT2D eigenvalue weighted by Crippen LogP contribution is -2.51. The van der Waals surface area contributed by atoms with E-state index in [4.69, 9.17) is 0 Å². The Hall–Kier alpha value is -2.22. The van der Waals surface area contributed by atoms with Gasteiger partial charge in [0.2, 0.25) is 0 Å². The second kappa shape index (κ2) is 4.64. The predicted octanol–water partition coefficient (Wildman–Crippen LogP) is 3.66. The van der Waals surface area contributed by atoms with E-state index in [0.717, 1.165) is 16.7 Å². The lowest BCUT2D eigenvalue weighted by atomic mass is 9.55. The molecule has 2 nitrogen and oxygen atoms in total. The molecule has 1 fully saturated rings. The first kappa shape index (κ1) is 13.4. The molecule has 110 valence electrons. The van der Waals surface area contributed by atoms with Crippen molar-refractivity contribution in [2.24, 2.45) is 5.41 Å². The zero-order valence-corrected chi connectivity index (χ0v) is 12.6. The van der Waals surface area contributed by atoms with E-state index in [1.54, 1.807) is 0 Å². The summed E-state index contributed by atoms with van der Waals surface area (Å²) in [7, 11) is 0. The van der Waals surface area contributed by atoms with E-state index in [-0.39, 0.29) is 23.4 Å². The third-order valence-corrected chi connectivity index (χ3v) is 5.41. The number of carbonyl (C=O) groups excluding carboxylic acids is 2. The van der Waals surface area contributed by atoms with Gasteiger partial charge in [-0.2, -0.15) is 0 Å². The minimum atomic E-state index is -0.829. The van der Waals surface area contributed by atoms with E-state index in [2.05, 4.69) is 12.1 Å². The molecule has 0 amide bonds. The van der Waals surface area contributed by atoms with Crippen molar-refractivity contribution in [1.29, 1.82) is 0 Å². The first-order chi connectivity index (χ1) is 10.6. The van der Waals surface area contributed by atoms with E-state index in [0.29, 0.717) is 12.8 Å². The molecule has 0 heterocycles. The molecule has 22 heavy (non-hydrogen) atoms. The van der Waals surface area contributed by atoms with Gasteiger partial charge in [0.15, 0.2) is 5.78 Å². The van der Waals surface area contributed by atoms with Crippen molar-refractivity contribution in [2.45, 2.75) is 31.6 Å². The Bertz CT molecular complexity index is 762. The summed E-state index contributed by atoms with van der Waals surface area (Å²) in [6.07, 6.45) is 1.02. The average Bonchev–Trinajstić information content (AvgIpc) is 2.54. The van der Waals surface area contributed by atoms with Gasteiger partial charge in [0, 0.05) is 12.3 Å². The maximum Gasteiger partial charge on any atom is 0.154 e. The monoisotopic (exact) mass is 290 g/mol. The largest absolute Gasteiger partial charge is 0.299 e. The van der Waals surface area contributed by atoms with Gasteiger partial charge in [-0.25, -0.2) is 0 Å². The van der Waals surface area contributed by atoms with Gasteiger partial charge in [-0.3, -0.25) is 9.59 Å². The van der Waals surface area contributed by atoms with Crippen molar-refractivity contribution in [2.75, 3.05) is 0 Å². The summed E-state index contributed by atoms with van der Waals surface area (Å²) >= 11 is 0. The number of carbonyl (C=O) groups is 2. The molecular weight excluding hydrogens is 272 g/mol. The van der Waals surface area contributed by atoms with Crippen molar-refractivity contribution in [1.82, 2.24) is 0 Å². The maximum absolute atomic E-state index is 13.1. The van der Waals surface area contributed by atoms with Gasteiger partial charge in [0.1, 0.15) is 5.78 Å². The van der Waals surface area contributed by atoms with Gasteiger partial charge in [0.05, 0.1) is 11.3 Å². The molecule has 0 unspecified atom stereocenters. The van der Waals surface area contributed by atoms with Crippen LogP contribution in [0.1, 0.15) is 41.9 Å². The number of ketones is 2. The van der Waals surface area contributed by atoms with Crippen LogP contribution in [0.2, 0.25) is 0 Å². The average molecular weight is 290 g/mol. The van der Waals surface area contributed by atoms with Crippen LogP contribution in [-0.2, 0) is 16.0 Å². The standard InChI is InChI=1S/C20H18O2/c1-20-12-14-9-5-6-10-15(14)18(19(20)22)16(11-17(20)21)13-7-3-2-4-8-13/h2-10,16,18H,11-12H2,1H3/t16-,18-,20+/m1/s1. The van der Waals surface area contributed by atoms with Crippen LogP contribution in [0.5, 0.6) is 0 Å². The highest BCUT2D eigenvalue weighted by molar-refractivity contribution is 6.13. The Labute approximate surface area is 130 Å². The first-order valence-corrected chi connectivity index (χ1v) is 7.81. The molecule has 0 N–H and O–H groups in total. The van der Waals surface area contributed by atoms with Crippen molar-refractivity contribution >= 4 is 11.6 Å².